The van der Waals surface area contributed by atoms with Crippen LogP contribution in [0.25, 0.3) is 0 Å². The molecule has 0 heterocycles. The molecule has 0 aliphatic rings. The molecule has 0 saturated carbocycles. The normalized spacial score (nSPS) is 8.88. The van der Waals surface area contributed by atoms with E-state index in [9.17, 15) is 0 Å². The summed E-state index contributed by atoms with van der Waals surface area (Å²) >= 11 is 0. The van der Waals surface area contributed by atoms with Crippen molar-refractivity contribution >= 4 is 0 Å². The summed E-state index contributed by atoms with van der Waals surface area (Å²) in [6.07, 6.45) is 10.9. The first-order valence-corrected chi connectivity index (χ1v) is 6.57. The molecular weight excluding hydrogens is 194 g/mol. The Labute approximate surface area is 101 Å². The third kappa shape index (κ3) is 13.1. The van der Waals surface area contributed by atoms with Gasteiger partial charge in [-0.25, -0.2) is 0 Å². The van der Waals surface area contributed by atoms with E-state index in [1.54, 1.807) is 0 Å². The predicted octanol–water partition coefficient (Wildman–Crippen LogP) is 3.48. The number of rotatable bonds is 8. The number of unbranched alkanes of at least 4 members (excludes halogenated alkanes) is 7. The highest BCUT2D eigenvalue weighted by Crippen LogP contribution is 2.07. The van der Waals surface area contributed by atoms with E-state index < -0.39 is 0 Å². The van der Waals surface area contributed by atoms with E-state index >= 15 is 0 Å². The van der Waals surface area contributed by atoms with E-state index in [1.165, 1.54) is 44.9 Å². The molecule has 16 heavy (non-hydrogen) atoms. The Morgan fingerprint density at radius 1 is 0.750 bits per heavy atom. The van der Waals surface area contributed by atoms with Gasteiger partial charge in [0.1, 0.15) is 0 Å². The molecule has 2 N–H and O–H groups in total. The zero-order chi connectivity index (χ0) is 11.9. The van der Waals surface area contributed by atoms with Crippen molar-refractivity contribution in [3.8, 4) is 23.7 Å². The van der Waals surface area contributed by atoms with Crippen LogP contribution in [0.2, 0.25) is 0 Å². The van der Waals surface area contributed by atoms with E-state index in [1.807, 2.05) is 6.92 Å². The summed E-state index contributed by atoms with van der Waals surface area (Å²) in [4.78, 5) is 0. The quantitative estimate of drug-likeness (QED) is 0.491. The summed E-state index contributed by atoms with van der Waals surface area (Å²) < 4.78 is 0. The van der Waals surface area contributed by atoms with Crippen LogP contribution in [0.3, 0.4) is 0 Å². The van der Waals surface area contributed by atoms with E-state index in [-0.39, 0.29) is 0 Å². The molecule has 0 rings (SSSR count). The van der Waals surface area contributed by atoms with Gasteiger partial charge in [0.2, 0.25) is 0 Å². The fraction of sp³-hybridized carbons (Fsp3) is 0.733. The third-order valence-corrected chi connectivity index (χ3v) is 2.42. The van der Waals surface area contributed by atoms with Gasteiger partial charge in [-0.05, 0) is 31.2 Å². The second-order valence-electron chi connectivity index (χ2n) is 3.97. The second-order valence-corrected chi connectivity index (χ2v) is 3.97. The molecule has 0 aliphatic carbocycles. The summed E-state index contributed by atoms with van der Waals surface area (Å²) in [7, 11) is 0. The maximum Gasteiger partial charge on any atom is 0.00989 e. The average Bonchev–Trinajstić information content (AvgIpc) is 2.31. The maximum atomic E-state index is 5.43. The van der Waals surface area contributed by atoms with Crippen molar-refractivity contribution in [2.24, 2.45) is 5.73 Å². The van der Waals surface area contributed by atoms with Crippen molar-refractivity contribution < 1.29 is 0 Å². The van der Waals surface area contributed by atoms with Crippen molar-refractivity contribution in [3.63, 3.8) is 0 Å². The van der Waals surface area contributed by atoms with Gasteiger partial charge in [0.05, 0.1) is 0 Å². The van der Waals surface area contributed by atoms with Crippen LogP contribution in [-0.2, 0) is 0 Å². The van der Waals surface area contributed by atoms with E-state index in [2.05, 4.69) is 23.7 Å². The number of nitrogens with two attached hydrogens (primary N) is 1. The fourth-order valence-corrected chi connectivity index (χ4v) is 1.48. The van der Waals surface area contributed by atoms with Gasteiger partial charge in [-0.1, -0.05) is 50.9 Å². The second kappa shape index (κ2) is 14.1. The molecule has 0 spiro atoms. The lowest BCUT2D eigenvalue weighted by Gasteiger charge is -1.98. The highest BCUT2D eigenvalue weighted by atomic mass is 14.5. The molecule has 0 radical (unpaired) electrons. The van der Waals surface area contributed by atoms with Crippen LogP contribution in [0.1, 0.15) is 64.7 Å². The van der Waals surface area contributed by atoms with Crippen LogP contribution in [-0.4, -0.2) is 6.54 Å². The number of hydrogen-bond acceptors (Lipinski definition) is 1. The van der Waals surface area contributed by atoms with Crippen molar-refractivity contribution in [1.29, 1.82) is 0 Å². The van der Waals surface area contributed by atoms with Gasteiger partial charge >= 0.3 is 0 Å². The molecule has 1 nitrogen and oxygen atoms in total. The zero-order valence-corrected chi connectivity index (χ0v) is 10.6. The Bertz CT molecular complexity index is 246. The Balaban J connectivity index is 3.11. The van der Waals surface area contributed by atoms with Crippen LogP contribution in [0, 0.1) is 23.7 Å². The highest BCUT2D eigenvalue weighted by Gasteiger charge is 1.89. The first kappa shape index (κ1) is 15.1. The van der Waals surface area contributed by atoms with Crippen LogP contribution < -0.4 is 5.73 Å². The number of hydrogen-bond donors (Lipinski definition) is 1. The van der Waals surface area contributed by atoms with Crippen LogP contribution in [0.15, 0.2) is 0 Å². The SMILES string of the molecule is CCC#CC#CCCCCCCCCCN. The Kier molecular flexibility index (Phi) is 13.3. The molecule has 0 atom stereocenters. The lowest BCUT2D eigenvalue weighted by molar-refractivity contribution is 0.586. The average molecular weight is 219 g/mol. The van der Waals surface area contributed by atoms with Gasteiger partial charge in [-0.15, -0.1) is 0 Å². The minimum atomic E-state index is 0.842. The summed E-state index contributed by atoms with van der Waals surface area (Å²) in [6.45, 7) is 2.88. The van der Waals surface area contributed by atoms with Gasteiger partial charge in [0.25, 0.3) is 0 Å². The Morgan fingerprint density at radius 3 is 1.94 bits per heavy atom. The van der Waals surface area contributed by atoms with Crippen molar-refractivity contribution in [2.45, 2.75) is 64.7 Å². The molecule has 90 valence electrons. The molecule has 0 fully saturated rings. The van der Waals surface area contributed by atoms with Gasteiger partial charge < -0.3 is 5.73 Å². The highest BCUT2D eigenvalue weighted by molar-refractivity contribution is 5.25. The van der Waals surface area contributed by atoms with Gasteiger partial charge in [-0.3, -0.25) is 0 Å². The zero-order valence-electron chi connectivity index (χ0n) is 10.6. The van der Waals surface area contributed by atoms with E-state index in [0.29, 0.717) is 0 Å². The minimum absolute atomic E-state index is 0.842. The molecule has 0 unspecified atom stereocenters. The molecule has 0 aromatic rings. The Morgan fingerprint density at radius 2 is 1.31 bits per heavy atom. The smallest absolute Gasteiger partial charge is 0.00989 e. The molecular formula is C15H25N. The van der Waals surface area contributed by atoms with Crippen LogP contribution in [0.5, 0.6) is 0 Å². The lowest BCUT2D eigenvalue weighted by Crippen LogP contribution is -1.97. The topological polar surface area (TPSA) is 26.0 Å². The molecule has 0 aromatic carbocycles. The van der Waals surface area contributed by atoms with Gasteiger partial charge in [-0.2, -0.15) is 0 Å². The summed E-state index contributed by atoms with van der Waals surface area (Å²) in [5.74, 6) is 11.8. The monoisotopic (exact) mass is 219 g/mol. The summed E-state index contributed by atoms with van der Waals surface area (Å²) in [5, 5.41) is 0. The predicted molar refractivity (Wildman–Crippen MR) is 71.8 cm³/mol. The largest absolute Gasteiger partial charge is 0.330 e. The van der Waals surface area contributed by atoms with Crippen LogP contribution in [0.4, 0.5) is 0 Å². The molecule has 0 aliphatic heterocycles. The van der Waals surface area contributed by atoms with Crippen LogP contribution >= 0.6 is 0 Å². The third-order valence-electron chi connectivity index (χ3n) is 2.42. The minimum Gasteiger partial charge on any atom is -0.330 e. The molecule has 0 aromatic heterocycles. The molecule has 1 heteroatoms. The summed E-state index contributed by atoms with van der Waals surface area (Å²) in [5.41, 5.74) is 5.43. The molecule has 0 amide bonds. The fourth-order valence-electron chi connectivity index (χ4n) is 1.48. The van der Waals surface area contributed by atoms with Crippen molar-refractivity contribution in [2.75, 3.05) is 6.54 Å². The van der Waals surface area contributed by atoms with Crippen molar-refractivity contribution in [3.05, 3.63) is 0 Å². The molecule has 0 bridgehead atoms. The first-order valence-electron chi connectivity index (χ1n) is 6.57. The molecule has 0 saturated heterocycles. The van der Waals surface area contributed by atoms with E-state index in [4.69, 9.17) is 5.73 Å². The maximum absolute atomic E-state index is 5.43. The van der Waals surface area contributed by atoms with Gasteiger partial charge in [0, 0.05) is 12.8 Å². The lowest BCUT2D eigenvalue weighted by atomic mass is 10.1. The van der Waals surface area contributed by atoms with Gasteiger partial charge in [0.15, 0.2) is 0 Å². The Hall–Kier alpha value is -0.920. The van der Waals surface area contributed by atoms with Crippen molar-refractivity contribution in [1.82, 2.24) is 0 Å². The standard InChI is InChI=1S/C15H25N/c1-2-3-4-5-6-7-8-9-10-11-12-13-14-15-16/h2,7-16H2,1H3. The van der Waals surface area contributed by atoms with E-state index in [0.717, 1.165) is 19.4 Å². The first-order chi connectivity index (χ1) is 7.91. The summed E-state index contributed by atoms with van der Waals surface area (Å²) in [6, 6.07) is 0.